The van der Waals surface area contributed by atoms with Crippen molar-refractivity contribution in [1.29, 1.82) is 0 Å². The molecule has 0 radical (unpaired) electrons. The number of aliphatic hydroxyl groups is 1. The Hall–Kier alpha value is -1.28. The van der Waals surface area contributed by atoms with Gasteiger partial charge >= 0.3 is 0 Å². The molecule has 1 N–H and O–H groups in total. The van der Waals surface area contributed by atoms with Gasteiger partial charge < -0.3 is 9.84 Å². The molecule has 2 heteroatoms. The molecule has 0 amide bonds. The van der Waals surface area contributed by atoms with Crippen molar-refractivity contribution in [3.05, 3.63) is 35.4 Å². The van der Waals surface area contributed by atoms with Crippen LogP contribution in [-0.2, 0) is 0 Å². The smallest absolute Gasteiger partial charge is 0.126 e. The maximum absolute atomic E-state index is 8.96. The van der Waals surface area contributed by atoms with E-state index in [1.165, 1.54) is 0 Å². The van der Waals surface area contributed by atoms with Gasteiger partial charge in [-0.2, -0.15) is 0 Å². The molecule has 1 aromatic carbocycles. The van der Waals surface area contributed by atoms with Crippen molar-refractivity contribution >= 4 is 6.08 Å². The highest BCUT2D eigenvalue weighted by molar-refractivity contribution is 5.59. The summed E-state index contributed by atoms with van der Waals surface area (Å²) in [7, 11) is 0. The van der Waals surface area contributed by atoms with Crippen LogP contribution in [0.1, 0.15) is 26.3 Å². The first kappa shape index (κ1) is 11.8. The van der Waals surface area contributed by atoms with Gasteiger partial charge in [0.25, 0.3) is 0 Å². The van der Waals surface area contributed by atoms with Crippen molar-refractivity contribution in [2.75, 3.05) is 6.61 Å². The van der Waals surface area contributed by atoms with E-state index in [4.69, 9.17) is 9.84 Å². The van der Waals surface area contributed by atoms with Gasteiger partial charge in [-0.15, -0.1) is 0 Å². The lowest BCUT2D eigenvalue weighted by Crippen LogP contribution is -2.06. The predicted octanol–water partition coefficient (Wildman–Crippen LogP) is 2.87. The van der Waals surface area contributed by atoms with E-state index in [-0.39, 0.29) is 12.7 Å². The van der Waals surface area contributed by atoms with Gasteiger partial charge in [0.2, 0.25) is 0 Å². The average molecular weight is 206 g/mol. The van der Waals surface area contributed by atoms with Crippen LogP contribution in [0.2, 0.25) is 0 Å². The Kier molecular flexibility index (Phi) is 4.37. The fourth-order valence-electron chi connectivity index (χ4n) is 1.27. The van der Waals surface area contributed by atoms with Crippen LogP contribution in [0.3, 0.4) is 0 Å². The number of aliphatic hydroxyl groups excluding tert-OH is 1. The number of rotatable bonds is 4. The summed E-state index contributed by atoms with van der Waals surface area (Å²) in [5.41, 5.74) is 1.94. The lowest BCUT2D eigenvalue weighted by atomic mass is 10.1. The van der Waals surface area contributed by atoms with Crippen LogP contribution in [-0.4, -0.2) is 17.8 Å². The van der Waals surface area contributed by atoms with E-state index in [0.717, 1.165) is 16.9 Å². The van der Waals surface area contributed by atoms with E-state index >= 15 is 0 Å². The fourth-order valence-corrected chi connectivity index (χ4v) is 1.27. The number of para-hydroxylation sites is 1. The molecule has 15 heavy (non-hydrogen) atoms. The Morgan fingerprint density at radius 2 is 2.07 bits per heavy atom. The number of hydrogen-bond donors (Lipinski definition) is 1. The van der Waals surface area contributed by atoms with E-state index in [2.05, 4.69) is 0 Å². The minimum absolute atomic E-state index is 0.0794. The van der Waals surface area contributed by atoms with Crippen LogP contribution in [0.4, 0.5) is 0 Å². The summed E-state index contributed by atoms with van der Waals surface area (Å²) in [5, 5.41) is 8.96. The van der Waals surface area contributed by atoms with Crippen LogP contribution in [0.5, 0.6) is 5.75 Å². The van der Waals surface area contributed by atoms with Gasteiger partial charge in [-0.1, -0.05) is 24.3 Å². The van der Waals surface area contributed by atoms with Gasteiger partial charge in [0, 0.05) is 5.56 Å². The van der Waals surface area contributed by atoms with Gasteiger partial charge in [-0.25, -0.2) is 0 Å². The molecule has 1 aromatic rings. The molecule has 0 aliphatic rings. The van der Waals surface area contributed by atoms with Crippen molar-refractivity contribution in [2.45, 2.75) is 26.9 Å². The molecule has 0 bridgehead atoms. The molecular weight excluding hydrogens is 188 g/mol. The predicted molar refractivity (Wildman–Crippen MR) is 62.9 cm³/mol. The highest BCUT2D eigenvalue weighted by Crippen LogP contribution is 2.21. The molecule has 0 fully saturated rings. The largest absolute Gasteiger partial charge is 0.490 e. The Morgan fingerprint density at radius 3 is 2.67 bits per heavy atom. The van der Waals surface area contributed by atoms with Crippen molar-refractivity contribution in [3.63, 3.8) is 0 Å². The SMILES string of the molecule is CC(=Cc1ccccc1OC(C)C)CO. The third kappa shape index (κ3) is 3.76. The fraction of sp³-hybridized carbons (Fsp3) is 0.385. The van der Waals surface area contributed by atoms with Gasteiger partial charge in [0.15, 0.2) is 0 Å². The van der Waals surface area contributed by atoms with Crippen molar-refractivity contribution in [3.8, 4) is 5.75 Å². The van der Waals surface area contributed by atoms with E-state index in [9.17, 15) is 0 Å². The van der Waals surface area contributed by atoms with Crippen LogP contribution >= 0.6 is 0 Å². The van der Waals surface area contributed by atoms with Crippen LogP contribution in [0.15, 0.2) is 29.8 Å². The second kappa shape index (κ2) is 5.56. The normalized spacial score (nSPS) is 11.9. The molecule has 2 nitrogen and oxygen atoms in total. The number of ether oxygens (including phenoxy) is 1. The first-order chi connectivity index (χ1) is 7.13. The molecule has 0 aromatic heterocycles. The Balaban J connectivity index is 2.96. The molecule has 82 valence electrons. The summed E-state index contributed by atoms with van der Waals surface area (Å²) < 4.78 is 5.66. The summed E-state index contributed by atoms with van der Waals surface area (Å²) >= 11 is 0. The molecule has 1 rings (SSSR count). The van der Waals surface area contributed by atoms with Crippen molar-refractivity contribution < 1.29 is 9.84 Å². The zero-order chi connectivity index (χ0) is 11.3. The molecular formula is C13H18O2. The molecule has 0 unspecified atom stereocenters. The van der Waals surface area contributed by atoms with Gasteiger partial charge in [-0.3, -0.25) is 0 Å². The summed E-state index contributed by atoms with van der Waals surface area (Å²) in [6.07, 6.45) is 2.10. The second-order valence-electron chi connectivity index (χ2n) is 3.85. The highest BCUT2D eigenvalue weighted by atomic mass is 16.5. The standard InChI is InChI=1S/C13H18O2/c1-10(2)15-13-7-5-4-6-12(13)8-11(3)9-14/h4-8,10,14H,9H2,1-3H3. The summed E-state index contributed by atoms with van der Waals surface area (Å²) in [5.74, 6) is 0.861. The Labute approximate surface area is 91.2 Å². The zero-order valence-electron chi connectivity index (χ0n) is 9.53. The van der Waals surface area contributed by atoms with E-state index in [1.807, 2.05) is 51.1 Å². The van der Waals surface area contributed by atoms with Gasteiger partial charge in [-0.05, 0) is 32.4 Å². The number of hydrogen-bond acceptors (Lipinski definition) is 2. The van der Waals surface area contributed by atoms with Gasteiger partial charge in [0.05, 0.1) is 12.7 Å². The van der Waals surface area contributed by atoms with Crippen LogP contribution in [0, 0.1) is 0 Å². The quantitative estimate of drug-likeness (QED) is 0.820. The first-order valence-corrected chi connectivity index (χ1v) is 5.17. The maximum Gasteiger partial charge on any atom is 0.126 e. The lowest BCUT2D eigenvalue weighted by molar-refractivity contribution is 0.242. The van der Waals surface area contributed by atoms with E-state index < -0.39 is 0 Å². The molecule has 0 atom stereocenters. The molecule has 0 aliphatic carbocycles. The topological polar surface area (TPSA) is 29.5 Å². The van der Waals surface area contributed by atoms with Gasteiger partial charge in [0.1, 0.15) is 5.75 Å². The Bertz CT molecular complexity index is 340. The molecule has 0 saturated carbocycles. The minimum atomic E-state index is 0.0794. The Morgan fingerprint density at radius 1 is 1.40 bits per heavy atom. The monoisotopic (exact) mass is 206 g/mol. The second-order valence-corrected chi connectivity index (χ2v) is 3.85. The third-order valence-electron chi connectivity index (χ3n) is 1.93. The van der Waals surface area contributed by atoms with Crippen LogP contribution < -0.4 is 4.74 Å². The van der Waals surface area contributed by atoms with Crippen molar-refractivity contribution in [2.24, 2.45) is 0 Å². The zero-order valence-corrected chi connectivity index (χ0v) is 9.53. The van der Waals surface area contributed by atoms with E-state index in [0.29, 0.717) is 0 Å². The molecule has 0 spiro atoms. The molecule has 0 heterocycles. The van der Waals surface area contributed by atoms with E-state index in [1.54, 1.807) is 0 Å². The first-order valence-electron chi connectivity index (χ1n) is 5.17. The molecule has 0 aliphatic heterocycles. The summed E-state index contributed by atoms with van der Waals surface area (Å²) in [6, 6.07) is 7.83. The van der Waals surface area contributed by atoms with Crippen molar-refractivity contribution in [1.82, 2.24) is 0 Å². The highest BCUT2D eigenvalue weighted by Gasteiger charge is 2.02. The summed E-state index contributed by atoms with van der Waals surface area (Å²) in [4.78, 5) is 0. The summed E-state index contributed by atoms with van der Waals surface area (Å²) in [6.45, 7) is 5.97. The molecule has 0 saturated heterocycles. The lowest BCUT2D eigenvalue weighted by Gasteiger charge is -2.12. The maximum atomic E-state index is 8.96. The average Bonchev–Trinajstić information content (AvgIpc) is 2.20. The van der Waals surface area contributed by atoms with Crippen LogP contribution in [0.25, 0.3) is 6.08 Å². The minimum Gasteiger partial charge on any atom is -0.490 e. The number of benzene rings is 1. The third-order valence-corrected chi connectivity index (χ3v) is 1.93.